The Morgan fingerprint density at radius 3 is 2.89 bits per heavy atom. The Bertz CT molecular complexity index is 516. The fraction of sp³-hybridized carbons (Fsp3) is 0.462. The zero-order chi connectivity index (χ0) is 14.0. The van der Waals surface area contributed by atoms with E-state index in [4.69, 9.17) is 0 Å². The number of rotatable bonds is 2. The molecular weight excluding hydrogens is 246 g/mol. The van der Waals surface area contributed by atoms with E-state index in [0.717, 1.165) is 6.54 Å². The second-order valence-corrected chi connectivity index (χ2v) is 4.86. The van der Waals surface area contributed by atoms with Crippen molar-refractivity contribution < 1.29 is 9.72 Å². The number of piperazine rings is 1. The Morgan fingerprint density at radius 2 is 2.26 bits per heavy atom. The maximum Gasteiger partial charge on any atom is 0.273 e. The number of hydrogen-bond donors (Lipinski definition) is 1. The van der Waals surface area contributed by atoms with E-state index in [9.17, 15) is 14.9 Å². The first-order valence-corrected chi connectivity index (χ1v) is 6.26. The van der Waals surface area contributed by atoms with Crippen molar-refractivity contribution in [3.8, 4) is 0 Å². The number of carbonyl (C=O) groups is 1. The van der Waals surface area contributed by atoms with Crippen LogP contribution in [-0.4, -0.2) is 41.4 Å². The minimum absolute atomic E-state index is 0.00553. The Kier molecular flexibility index (Phi) is 3.80. The summed E-state index contributed by atoms with van der Waals surface area (Å²) in [5.74, 6) is -0.142. The lowest BCUT2D eigenvalue weighted by atomic mass is 10.1. The molecular formula is C13H17N3O3. The van der Waals surface area contributed by atoms with Crippen molar-refractivity contribution in [2.24, 2.45) is 0 Å². The van der Waals surface area contributed by atoms with Crippen molar-refractivity contribution in [3.63, 3.8) is 0 Å². The van der Waals surface area contributed by atoms with Crippen LogP contribution in [0, 0.1) is 17.0 Å². The zero-order valence-electron chi connectivity index (χ0n) is 11.0. The van der Waals surface area contributed by atoms with Crippen LogP contribution in [0.15, 0.2) is 18.2 Å². The first kappa shape index (κ1) is 13.5. The van der Waals surface area contributed by atoms with Gasteiger partial charge in [-0.15, -0.1) is 0 Å². The molecule has 1 atom stereocenters. The van der Waals surface area contributed by atoms with Gasteiger partial charge in [0.05, 0.1) is 4.92 Å². The third-order valence-corrected chi connectivity index (χ3v) is 3.31. The van der Waals surface area contributed by atoms with Gasteiger partial charge >= 0.3 is 0 Å². The number of carbonyl (C=O) groups excluding carboxylic acids is 1. The lowest BCUT2D eigenvalue weighted by molar-refractivity contribution is -0.385. The minimum Gasteiger partial charge on any atom is -0.336 e. The molecule has 6 nitrogen and oxygen atoms in total. The maximum atomic E-state index is 12.3. The molecule has 1 aliphatic heterocycles. The molecule has 0 aromatic heterocycles. The van der Waals surface area contributed by atoms with Crippen molar-refractivity contribution in [3.05, 3.63) is 39.4 Å². The van der Waals surface area contributed by atoms with Crippen LogP contribution >= 0.6 is 0 Å². The summed E-state index contributed by atoms with van der Waals surface area (Å²) in [5.41, 5.74) is 0.940. The van der Waals surface area contributed by atoms with Crippen LogP contribution in [0.2, 0.25) is 0 Å². The van der Waals surface area contributed by atoms with Gasteiger partial charge in [0.1, 0.15) is 0 Å². The lowest BCUT2D eigenvalue weighted by Crippen LogP contribution is -2.51. The van der Waals surface area contributed by atoms with Crippen molar-refractivity contribution >= 4 is 11.6 Å². The topological polar surface area (TPSA) is 75.5 Å². The van der Waals surface area contributed by atoms with Gasteiger partial charge in [0.2, 0.25) is 0 Å². The Morgan fingerprint density at radius 1 is 1.53 bits per heavy atom. The summed E-state index contributed by atoms with van der Waals surface area (Å²) in [6.45, 7) is 5.68. The molecule has 6 heteroatoms. The average Bonchev–Trinajstić information content (AvgIpc) is 2.38. The Balaban J connectivity index is 2.24. The largest absolute Gasteiger partial charge is 0.336 e. The highest BCUT2D eigenvalue weighted by Gasteiger charge is 2.23. The van der Waals surface area contributed by atoms with E-state index in [1.165, 1.54) is 6.07 Å². The van der Waals surface area contributed by atoms with Crippen LogP contribution < -0.4 is 5.32 Å². The molecule has 0 bridgehead atoms. The van der Waals surface area contributed by atoms with Crippen LogP contribution in [0.1, 0.15) is 22.8 Å². The van der Waals surface area contributed by atoms with Gasteiger partial charge in [0, 0.05) is 42.9 Å². The van der Waals surface area contributed by atoms with Gasteiger partial charge in [-0.2, -0.15) is 0 Å². The van der Waals surface area contributed by atoms with E-state index in [2.05, 4.69) is 5.32 Å². The van der Waals surface area contributed by atoms with Gasteiger partial charge in [-0.1, -0.05) is 6.07 Å². The highest BCUT2D eigenvalue weighted by Crippen LogP contribution is 2.20. The molecule has 19 heavy (non-hydrogen) atoms. The third kappa shape index (κ3) is 2.90. The summed E-state index contributed by atoms with van der Waals surface area (Å²) in [4.78, 5) is 24.5. The summed E-state index contributed by atoms with van der Waals surface area (Å²) >= 11 is 0. The summed E-state index contributed by atoms with van der Waals surface area (Å²) < 4.78 is 0. The van der Waals surface area contributed by atoms with Crippen molar-refractivity contribution in [1.29, 1.82) is 0 Å². The number of nitrogens with one attached hydrogen (secondary N) is 1. The predicted octanol–water partition coefficient (Wildman–Crippen LogP) is 1.34. The number of benzene rings is 1. The fourth-order valence-corrected chi connectivity index (χ4v) is 2.24. The van der Waals surface area contributed by atoms with E-state index < -0.39 is 4.92 Å². The fourth-order valence-electron chi connectivity index (χ4n) is 2.24. The molecule has 1 fully saturated rings. The Hall–Kier alpha value is -1.95. The molecule has 0 spiro atoms. The number of nitrogens with zero attached hydrogens (tertiary/aromatic N) is 2. The predicted molar refractivity (Wildman–Crippen MR) is 71.2 cm³/mol. The first-order valence-electron chi connectivity index (χ1n) is 6.26. The maximum absolute atomic E-state index is 12.3. The van der Waals surface area contributed by atoms with Crippen LogP contribution in [-0.2, 0) is 0 Å². The summed E-state index contributed by atoms with van der Waals surface area (Å²) in [7, 11) is 0. The Labute approximate surface area is 111 Å². The summed E-state index contributed by atoms with van der Waals surface area (Å²) in [6.07, 6.45) is 0. The number of amides is 1. The van der Waals surface area contributed by atoms with Crippen molar-refractivity contribution in [2.45, 2.75) is 19.9 Å². The molecule has 1 N–H and O–H groups in total. The second kappa shape index (κ2) is 5.36. The molecule has 1 aromatic rings. The quantitative estimate of drug-likeness (QED) is 0.645. The molecule has 0 saturated carbocycles. The normalized spacial score (nSPS) is 19.3. The van der Waals surface area contributed by atoms with Gasteiger partial charge in [0.15, 0.2) is 0 Å². The highest BCUT2D eigenvalue weighted by atomic mass is 16.6. The van der Waals surface area contributed by atoms with Crippen LogP contribution in [0.4, 0.5) is 5.69 Å². The smallest absolute Gasteiger partial charge is 0.273 e. The number of nitro benzene ring substituents is 1. The molecule has 1 saturated heterocycles. The second-order valence-electron chi connectivity index (χ2n) is 4.86. The molecule has 1 heterocycles. The molecule has 102 valence electrons. The van der Waals surface area contributed by atoms with Gasteiger partial charge < -0.3 is 10.2 Å². The van der Waals surface area contributed by atoms with Crippen LogP contribution in [0.5, 0.6) is 0 Å². The molecule has 1 amide bonds. The van der Waals surface area contributed by atoms with Crippen LogP contribution in [0.3, 0.4) is 0 Å². The van der Waals surface area contributed by atoms with E-state index in [1.807, 2.05) is 6.92 Å². The van der Waals surface area contributed by atoms with Crippen molar-refractivity contribution in [1.82, 2.24) is 10.2 Å². The summed E-state index contributed by atoms with van der Waals surface area (Å²) in [6, 6.07) is 4.89. The van der Waals surface area contributed by atoms with E-state index in [-0.39, 0.29) is 17.6 Å². The van der Waals surface area contributed by atoms with E-state index >= 15 is 0 Å². The summed E-state index contributed by atoms with van der Waals surface area (Å²) in [5, 5.41) is 14.2. The molecule has 0 radical (unpaired) electrons. The SMILES string of the molecule is Cc1ccc(C(=O)N2CCN[C@@H](C)C2)cc1[N+](=O)[O-]. The van der Waals surface area contributed by atoms with Crippen molar-refractivity contribution in [2.75, 3.05) is 19.6 Å². The van der Waals surface area contributed by atoms with Crippen LogP contribution in [0.25, 0.3) is 0 Å². The lowest BCUT2D eigenvalue weighted by Gasteiger charge is -2.31. The molecule has 2 rings (SSSR count). The molecule has 1 aromatic carbocycles. The molecule has 0 aliphatic carbocycles. The number of nitro groups is 1. The first-order chi connectivity index (χ1) is 8.99. The van der Waals surface area contributed by atoms with E-state index in [1.54, 1.807) is 24.0 Å². The van der Waals surface area contributed by atoms with Gasteiger partial charge in [0.25, 0.3) is 11.6 Å². The standard InChI is InChI=1S/C13H17N3O3/c1-9-3-4-11(7-12(9)16(18)19)13(17)15-6-5-14-10(2)8-15/h3-4,7,10,14H,5-6,8H2,1-2H3/t10-/m0/s1. The van der Waals surface area contributed by atoms with Gasteiger partial charge in [-0.3, -0.25) is 14.9 Å². The van der Waals surface area contributed by atoms with Gasteiger partial charge in [-0.05, 0) is 19.9 Å². The highest BCUT2D eigenvalue weighted by molar-refractivity contribution is 5.95. The zero-order valence-corrected chi connectivity index (χ0v) is 11.0. The third-order valence-electron chi connectivity index (χ3n) is 3.31. The number of aryl methyl sites for hydroxylation is 1. The van der Waals surface area contributed by atoms with Gasteiger partial charge in [-0.25, -0.2) is 0 Å². The minimum atomic E-state index is -0.452. The monoisotopic (exact) mass is 263 g/mol. The number of hydrogen-bond acceptors (Lipinski definition) is 4. The average molecular weight is 263 g/mol. The molecule has 1 aliphatic rings. The molecule has 0 unspecified atom stereocenters. The van der Waals surface area contributed by atoms with E-state index in [0.29, 0.717) is 24.2 Å².